The van der Waals surface area contributed by atoms with Crippen molar-refractivity contribution in [3.8, 4) is 0 Å². The van der Waals surface area contributed by atoms with Crippen LogP contribution < -0.4 is 0 Å². The zero-order valence-electron chi connectivity index (χ0n) is 5.84. The van der Waals surface area contributed by atoms with E-state index in [-0.39, 0.29) is 6.10 Å². The predicted molar refractivity (Wildman–Crippen MR) is 38.0 cm³/mol. The lowest BCUT2D eigenvalue weighted by Crippen LogP contribution is -2.07. The molecule has 1 radical (unpaired) electrons. The first-order valence-electron chi connectivity index (χ1n) is 3.89. The van der Waals surface area contributed by atoms with Crippen LogP contribution in [0.25, 0.3) is 0 Å². The minimum Gasteiger partial charge on any atom is -0.393 e. The Bertz CT molecular complexity index is 63.0. The molecule has 1 heteroatoms. The number of aliphatic hydroxyl groups excluding tert-OH is 1. The van der Waals surface area contributed by atoms with Gasteiger partial charge in [-0.2, -0.15) is 0 Å². The zero-order valence-corrected chi connectivity index (χ0v) is 5.84. The molecular formula is C8H15O. The first-order valence-corrected chi connectivity index (χ1v) is 3.89. The molecule has 0 heterocycles. The molecule has 0 aliphatic heterocycles. The van der Waals surface area contributed by atoms with Crippen molar-refractivity contribution in [1.29, 1.82) is 0 Å². The molecule has 0 aromatic rings. The molecule has 0 aromatic carbocycles. The van der Waals surface area contributed by atoms with Crippen molar-refractivity contribution < 1.29 is 5.11 Å². The highest BCUT2D eigenvalue weighted by Gasteiger charge is 2.06. The number of hydrogen-bond donors (Lipinski definition) is 1. The summed E-state index contributed by atoms with van der Waals surface area (Å²) in [5.41, 5.74) is 0. The van der Waals surface area contributed by atoms with Crippen LogP contribution in [0.5, 0.6) is 0 Å². The summed E-state index contributed by atoms with van der Waals surface area (Å²) in [7, 11) is 0. The minimum absolute atomic E-state index is 0.0125. The van der Waals surface area contributed by atoms with Crippen LogP contribution in [-0.2, 0) is 0 Å². The van der Waals surface area contributed by atoms with Gasteiger partial charge in [0.05, 0.1) is 6.10 Å². The van der Waals surface area contributed by atoms with E-state index in [1.165, 1.54) is 19.3 Å². The molecule has 1 unspecified atom stereocenters. The third kappa shape index (κ3) is 2.85. The van der Waals surface area contributed by atoms with Crippen LogP contribution >= 0.6 is 0 Å². The van der Waals surface area contributed by atoms with Crippen molar-refractivity contribution in [2.45, 2.75) is 44.6 Å². The highest BCUT2D eigenvalue weighted by atomic mass is 16.3. The van der Waals surface area contributed by atoms with E-state index >= 15 is 0 Å². The van der Waals surface area contributed by atoms with Gasteiger partial charge in [0.2, 0.25) is 0 Å². The fraction of sp³-hybridized carbons (Fsp3) is 0.875. The summed E-state index contributed by atoms with van der Waals surface area (Å²) in [4.78, 5) is 0. The van der Waals surface area contributed by atoms with Gasteiger partial charge in [-0.3, -0.25) is 0 Å². The summed E-state index contributed by atoms with van der Waals surface area (Å²) < 4.78 is 0. The SMILES string of the molecule is OC1CC[CH]CCCC1. The van der Waals surface area contributed by atoms with Gasteiger partial charge in [-0.25, -0.2) is 0 Å². The zero-order chi connectivity index (χ0) is 6.53. The quantitative estimate of drug-likeness (QED) is 0.527. The number of rotatable bonds is 0. The van der Waals surface area contributed by atoms with Crippen LogP contribution in [0.1, 0.15) is 38.5 Å². The molecule has 1 fully saturated rings. The van der Waals surface area contributed by atoms with Crippen LogP contribution in [0.2, 0.25) is 0 Å². The molecule has 0 saturated heterocycles. The van der Waals surface area contributed by atoms with E-state index in [0.29, 0.717) is 0 Å². The molecule has 1 rings (SSSR count). The van der Waals surface area contributed by atoms with Crippen molar-refractivity contribution in [1.82, 2.24) is 0 Å². The smallest absolute Gasteiger partial charge is 0.0540 e. The Balaban J connectivity index is 2.12. The van der Waals surface area contributed by atoms with Crippen molar-refractivity contribution >= 4 is 0 Å². The predicted octanol–water partition coefficient (Wildman–Crippen LogP) is 1.91. The monoisotopic (exact) mass is 127 g/mol. The Hall–Kier alpha value is -0.0400. The lowest BCUT2D eigenvalue weighted by molar-refractivity contribution is 0.147. The first-order chi connectivity index (χ1) is 4.39. The summed E-state index contributed by atoms with van der Waals surface area (Å²) >= 11 is 0. The topological polar surface area (TPSA) is 20.2 Å². The second kappa shape index (κ2) is 3.89. The maximum Gasteiger partial charge on any atom is 0.0540 e. The van der Waals surface area contributed by atoms with Crippen molar-refractivity contribution in [2.75, 3.05) is 0 Å². The Morgan fingerprint density at radius 3 is 2.89 bits per heavy atom. The van der Waals surface area contributed by atoms with Crippen molar-refractivity contribution in [3.05, 3.63) is 6.42 Å². The van der Waals surface area contributed by atoms with Gasteiger partial charge in [0.1, 0.15) is 0 Å². The second-order valence-electron chi connectivity index (χ2n) is 2.80. The Labute approximate surface area is 57.1 Å². The first kappa shape index (κ1) is 7.07. The molecule has 0 amide bonds. The van der Waals surface area contributed by atoms with E-state index in [0.717, 1.165) is 19.3 Å². The van der Waals surface area contributed by atoms with Crippen molar-refractivity contribution in [2.24, 2.45) is 0 Å². The van der Waals surface area contributed by atoms with Crippen LogP contribution in [0.15, 0.2) is 0 Å². The van der Waals surface area contributed by atoms with Gasteiger partial charge >= 0.3 is 0 Å². The van der Waals surface area contributed by atoms with E-state index in [9.17, 15) is 5.11 Å². The van der Waals surface area contributed by atoms with E-state index in [2.05, 4.69) is 6.42 Å². The van der Waals surface area contributed by atoms with Crippen LogP contribution in [0.3, 0.4) is 0 Å². The Morgan fingerprint density at radius 2 is 2.00 bits per heavy atom. The molecule has 9 heavy (non-hydrogen) atoms. The molecule has 0 bridgehead atoms. The van der Waals surface area contributed by atoms with Gasteiger partial charge in [0.15, 0.2) is 0 Å². The van der Waals surface area contributed by atoms with Gasteiger partial charge in [-0.1, -0.05) is 19.3 Å². The summed E-state index contributed by atoms with van der Waals surface area (Å²) in [6.07, 6.45) is 9.14. The summed E-state index contributed by atoms with van der Waals surface area (Å²) in [5.74, 6) is 0. The minimum atomic E-state index is -0.0125. The van der Waals surface area contributed by atoms with Crippen LogP contribution in [0.4, 0.5) is 0 Å². The largest absolute Gasteiger partial charge is 0.393 e. The third-order valence-corrected chi connectivity index (χ3v) is 1.90. The molecule has 0 aromatic heterocycles. The molecule has 1 aliphatic rings. The molecule has 1 saturated carbocycles. The van der Waals surface area contributed by atoms with E-state index in [1.54, 1.807) is 0 Å². The maximum absolute atomic E-state index is 9.19. The number of aliphatic hydroxyl groups is 1. The van der Waals surface area contributed by atoms with E-state index in [1.807, 2.05) is 0 Å². The average molecular weight is 127 g/mol. The average Bonchev–Trinajstić information content (AvgIpc) is 1.79. The van der Waals surface area contributed by atoms with Gasteiger partial charge in [0.25, 0.3) is 0 Å². The van der Waals surface area contributed by atoms with Gasteiger partial charge < -0.3 is 5.11 Å². The highest BCUT2D eigenvalue weighted by Crippen LogP contribution is 2.15. The second-order valence-corrected chi connectivity index (χ2v) is 2.80. The lowest BCUT2D eigenvalue weighted by Gasteiger charge is -2.12. The fourth-order valence-electron chi connectivity index (χ4n) is 1.27. The van der Waals surface area contributed by atoms with E-state index < -0.39 is 0 Å². The molecule has 1 nitrogen and oxygen atoms in total. The van der Waals surface area contributed by atoms with Gasteiger partial charge in [0, 0.05) is 0 Å². The lowest BCUT2D eigenvalue weighted by atomic mass is 9.99. The van der Waals surface area contributed by atoms with Gasteiger partial charge in [-0.15, -0.1) is 0 Å². The molecular weight excluding hydrogens is 112 g/mol. The normalized spacial score (nSPS) is 25.0. The Kier molecular flexibility index (Phi) is 3.05. The van der Waals surface area contributed by atoms with Gasteiger partial charge in [-0.05, 0) is 25.7 Å². The molecule has 1 atom stereocenters. The van der Waals surface area contributed by atoms with Crippen LogP contribution in [0, 0.1) is 6.42 Å². The third-order valence-electron chi connectivity index (χ3n) is 1.90. The molecule has 0 spiro atoms. The maximum atomic E-state index is 9.19. The van der Waals surface area contributed by atoms with Crippen LogP contribution in [-0.4, -0.2) is 11.2 Å². The van der Waals surface area contributed by atoms with E-state index in [4.69, 9.17) is 0 Å². The summed E-state index contributed by atoms with van der Waals surface area (Å²) in [5, 5.41) is 9.19. The molecule has 1 aliphatic carbocycles. The summed E-state index contributed by atoms with van der Waals surface area (Å²) in [6, 6.07) is 0. The standard InChI is InChI=1S/C8H15O/c9-8-6-4-2-1-3-5-7-8/h2,8-9H,1,3-7H2. The summed E-state index contributed by atoms with van der Waals surface area (Å²) in [6.45, 7) is 0. The molecule has 53 valence electrons. The highest BCUT2D eigenvalue weighted by molar-refractivity contribution is 4.71. The fourth-order valence-corrected chi connectivity index (χ4v) is 1.27. The Morgan fingerprint density at radius 1 is 1.11 bits per heavy atom. The van der Waals surface area contributed by atoms with Crippen molar-refractivity contribution in [3.63, 3.8) is 0 Å². The number of hydrogen-bond acceptors (Lipinski definition) is 1. The molecule has 1 N–H and O–H groups in total.